The summed E-state index contributed by atoms with van der Waals surface area (Å²) in [6.07, 6.45) is 12.4. The van der Waals surface area contributed by atoms with Crippen LogP contribution in [-0.4, -0.2) is 83.8 Å². The van der Waals surface area contributed by atoms with Gasteiger partial charge in [-0.1, -0.05) is 45.3 Å². The Balaban J connectivity index is 1.60. The molecule has 1 aromatic carbocycles. The van der Waals surface area contributed by atoms with Gasteiger partial charge in [0.15, 0.2) is 23.8 Å². The maximum Gasteiger partial charge on any atom is 0.176 e. The number of aryl methyl sites for hydroxylation is 1. The molecule has 3 rings (SSSR count). The average Bonchev–Trinajstić information content (AvgIpc) is 3.65. The Labute approximate surface area is 258 Å². The van der Waals surface area contributed by atoms with Gasteiger partial charge in [-0.2, -0.15) is 11.6 Å². The molecule has 1 unspecified atom stereocenters. The number of aromatic hydroxyl groups is 1. The highest BCUT2D eigenvalue weighted by atomic mass is 16.5. The molecule has 5 atom stereocenters. The summed E-state index contributed by atoms with van der Waals surface area (Å²) in [5, 5.41) is 46.3. The van der Waals surface area contributed by atoms with Crippen molar-refractivity contribution in [3.8, 4) is 11.5 Å². The van der Waals surface area contributed by atoms with E-state index >= 15 is 0 Å². The Morgan fingerprint density at radius 2 is 1.98 bits per heavy atom. The first-order chi connectivity index (χ1) is 20.8. The zero-order valence-corrected chi connectivity index (χ0v) is 26.4. The summed E-state index contributed by atoms with van der Waals surface area (Å²) in [6, 6.07) is 6.25. The van der Waals surface area contributed by atoms with Gasteiger partial charge in [-0.15, -0.1) is 4.99 Å². The number of unbranched alkanes of at least 4 members (excludes halogenated alkanes) is 1. The van der Waals surface area contributed by atoms with Gasteiger partial charge in [0, 0.05) is 31.9 Å². The molecular formula is C34H53N3O6. The summed E-state index contributed by atoms with van der Waals surface area (Å²) < 4.78 is 12.3. The van der Waals surface area contributed by atoms with Crippen LogP contribution in [0.15, 0.2) is 46.5 Å². The number of likely N-dealkylation sites (N-methyl/N-ethyl adjacent to an activating group) is 1. The summed E-state index contributed by atoms with van der Waals surface area (Å²) in [5.74, 6) is 0.658. The molecule has 0 saturated heterocycles. The molecular weight excluding hydrogens is 546 g/mol. The Bertz CT molecular complexity index is 1060. The summed E-state index contributed by atoms with van der Waals surface area (Å²) in [4.78, 5) is 4.71. The molecule has 0 spiro atoms. The largest absolute Gasteiger partial charge is 0.504 e. The molecule has 0 bridgehead atoms. The average molecular weight is 600 g/mol. The van der Waals surface area contributed by atoms with E-state index in [0.29, 0.717) is 31.7 Å². The molecule has 0 aliphatic carbocycles. The van der Waals surface area contributed by atoms with Crippen LogP contribution in [0.4, 0.5) is 0 Å². The number of phenols is 1. The molecule has 1 aromatic rings. The molecule has 0 fully saturated rings. The highest BCUT2D eigenvalue weighted by Crippen LogP contribution is 2.33. The number of rotatable bonds is 21. The second-order valence-corrected chi connectivity index (χ2v) is 11.7. The van der Waals surface area contributed by atoms with Gasteiger partial charge in [-0.25, -0.2) is 0 Å². The molecule has 43 heavy (non-hydrogen) atoms. The van der Waals surface area contributed by atoms with Crippen LogP contribution in [-0.2, 0) is 11.2 Å². The first kappa shape index (κ1) is 35.0. The van der Waals surface area contributed by atoms with E-state index in [0.717, 1.165) is 67.5 Å². The summed E-state index contributed by atoms with van der Waals surface area (Å²) in [6.45, 7) is 9.75. The normalized spacial score (nSPS) is 19.4. The highest BCUT2D eigenvalue weighted by Gasteiger charge is 2.35. The zero-order chi connectivity index (χ0) is 31.2. The van der Waals surface area contributed by atoms with E-state index in [2.05, 4.69) is 30.6 Å². The van der Waals surface area contributed by atoms with Gasteiger partial charge in [0.2, 0.25) is 0 Å². The van der Waals surface area contributed by atoms with Gasteiger partial charge in [0.1, 0.15) is 18.2 Å². The molecule has 2 heterocycles. The molecule has 0 amide bonds. The van der Waals surface area contributed by atoms with E-state index in [4.69, 9.17) is 14.5 Å². The van der Waals surface area contributed by atoms with E-state index in [1.807, 2.05) is 31.3 Å². The standard InChI is InChI=1S/C34H53N3O6/c1-5-7-10-33-27(21-39)17-28(43-33)13-11-25-12-14-32(41)34(16-25)42-22-31(35-6-2)30-18-26(20-37-30)24(4)29(9-8-15-38)36-19-23(3)40/h12,14,16-18,20,23-24,29,31,33,35-36,38-41H,5-11,13,15,19,21-22H2,1-4H3/t23-,24-,29-,31-,33?/m0/s1. The molecule has 6 N–H and O–H groups in total. The fourth-order valence-corrected chi connectivity index (χ4v) is 5.50. The van der Waals surface area contributed by atoms with Gasteiger partial charge in [0.25, 0.3) is 0 Å². The van der Waals surface area contributed by atoms with Crippen molar-refractivity contribution in [2.45, 2.75) is 96.9 Å². The van der Waals surface area contributed by atoms with Crippen molar-refractivity contribution in [2.24, 2.45) is 10.9 Å². The van der Waals surface area contributed by atoms with Gasteiger partial charge in [0.05, 0.1) is 18.1 Å². The number of nitrogens with one attached hydrogen (secondary N) is 2. The molecule has 2 aliphatic heterocycles. The number of hydrogen-bond donors (Lipinski definition) is 6. The third-order valence-electron chi connectivity index (χ3n) is 8.11. The number of hydrogen-bond acceptors (Lipinski definition) is 9. The van der Waals surface area contributed by atoms with Crippen LogP contribution in [0.25, 0.3) is 0 Å². The maximum atomic E-state index is 10.5. The Kier molecular flexibility index (Phi) is 14.9. The smallest absolute Gasteiger partial charge is 0.176 e. The Hall–Kier alpha value is -2.53. The number of nitrogens with zero attached hydrogens (tertiary/aromatic N) is 1. The van der Waals surface area contributed by atoms with Crippen LogP contribution < -0.4 is 15.4 Å². The summed E-state index contributed by atoms with van der Waals surface area (Å²) in [5.41, 5.74) is 3.06. The van der Waals surface area contributed by atoms with E-state index in [-0.39, 0.29) is 43.1 Å². The second-order valence-electron chi connectivity index (χ2n) is 11.7. The van der Waals surface area contributed by atoms with Crippen molar-refractivity contribution in [1.29, 1.82) is 0 Å². The molecule has 9 nitrogen and oxygen atoms in total. The quantitative estimate of drug-likeness (QED) is 0.117. The van der Waals surface area contributed by atoms with Crippen molar-refractivity contribution >= 4 is 6.21 Å². The monoisotopic (exact) mass is 599 g/mol. The van der Waals surface area contributed by atoms with E-state index in [1.54, 1.807) is 13.0 Å². The van der Waals surface area contributed by atoms with Crippen LogP contribution in [0.2, 0.25) is 0 Å². The van der Waals surface area contributed by atoms with Crippen molar-refractivity contribution in [2.75, 3.05) is 32.9 Å². The molecule has 9 heteroatoms. The number of aliphatic hydroxyl groups is 3. The molecule has 0 saturated carbocycles. The van der Waals surface area contributed by atoms with Gasteiger partial charge in [-0.3, -0.25) is 5.32 Å². The maximum absolute atomic E-state index is 10.5. The first-order valence-electron chi connectivity index (χ1n) is 16.0. The topological polar surface area (TPSA) is 136 Å². The lowest BCUT2D eigenvalue weighted by Gasteiger charge is -2.24. The number of ether oxygens (including phenoxy) is 2. The van der Waals surface area contributed by atoms with Crippen molar-refractivity contribution in [3.05, 3.63) is 59.2 Å². The van der Waals surface area contributed by atoms with E-state index in [1.165, 1.54) is 0 Å². The minimum atomic E-state index is -0.448. The fraction of sp³-hybridized carbons (Fsp3) is 0.618. The SMILES string of the molecule is CCCCC1O[C-](CCc2ccc(O)c(OC[C@H](NCC)[C+]3C=C([C@H](C)[C@H](CCCO)NC[C@H](C)O)C=N3)c2)C=C1CO. The summed E-state index contributed by atoms with van der Waals surface area (Å²) >= 11 is 0. The lowest BCUT2D eigenvalue weighted by molar-refractivity contribution is 0.103. The van der Waals surface area contributed by atoms with Crippen LogP contribution in [0.3, 0.4) is 0 Å². The van der Waals surface area contributed by atoms with Crippen LogP contribution in [0.1, 0.15) is 71.8 Å². The zero-order valence-electron chi connectivity index (χ0n) is 26.4. The third-order valence-corrected chi connectivity index (χ3v) is 8.11. The number of benzene rings is 1. The van der Waals surface area contributed by atoms with Crippen molar-refractivity contribution in [3.63, 3.8) is 0 Å². The summed E-state index contributed by atoms with van der Waals surface area (Å²) in [7, 11) is 0. The van der Waals surface area contributed by atoms with E-state index in [9.17, 15) is 20.4 Å². The Morgan fingerprint density at radius 3 is 2.67 bits per heavy atom. The van der Waals surface area contributed by atoms with Gasteiger partial charge < -0.3 is 35.2 Å². The lowest BCUT2D eigenvalue weighted by atomic mass is 9.89. The van der Waals surface area contributed by atoms with E-state index < -0.39 is 6.10 Å². The van der Waals surface area contributed by atoms with Gasteiger partial charge >= 0.3 is 0 Å². The minimum absolute atomic E-state index is 0.0187. The van der Waals surface area contributed by atoms with Crippen molar-refractivity contribution < 1.29 is 29.9 Å². The predicted molar refractivity (Wildman–Crippen MR) is 171 cm³/mol. The lowest BCUT2D eigenvalue weighted by Crippen LogP contribution is -2.40. The van der Waals surface area contributed by atoms with Crippen LogP contribution in [0, 0.1) is 18.1 Å². The Morgan fingerprint density at radius 1 is 1.16 bits per heavy atom. The third kappa shape index (κ3) is 10.8. The van der Waals surface area contributed by atoms with Crippen molar-refractivity contribution in [1.82, 2.24) is 10.6 Å². The van der Waals surface area contributed by atoms with Crippen LogP contribution >= 0.6 is 0 Å². The van der Waals surface area contributed by atoms with Gasteiger partial charge in [-0.05, 0) is 63.8 Å². The highest BCUT2D eigenvalue weighted by molar-refractivity contribution is 5.84. The molecule has 240 valence electrons. The second kappa shape index (κ2) is 18.3. The number of aliphatic hydroxyl groups excluding tert-OH is 3. The molecule has 0 aromatic heterocycles. The predicted octanol–water partition coefficient (Wildman–Crippen LogP) is 4.01. The number of phenolic OH excluding ortho intramolecular Hbond substituents is 1. The minimum Gasteiger partial charge on any atom is -0.504 e. The van der Waals surface area contributed by atoms with Crippen LogP contribution in [0.5, 0.6) is 11.5 Å². The molecule has 0 radical (unpaired) electrons. The first-order valence-corrected chi connectivity index (χ1v) is 16.0. The number of aliphatic imine (C=N–C) groups is 1. The molecule has 2 aliphatic rings. The fourth-order valence-electron chi connectivity index (χ4n) is 5.50.